The number of H-pyrrole nitrogens is 1. The van der Waals surface area contributed by atoms with Crippen LogP contribution in [0, 0.1) is 0 Å². The van der Waals surface area contributed by atoms with E-state index in [0.29, 0.717) is 18.7 Å². The second-order valence-corrected chi connectivity index (χ2v) is 7.88. The SMILES string of the molecule is C[C@H](NC(=O)CNC(=O)c1ccc(CNCc2ncc[nH]2)cc1)c1cccc2ccccc12. The van der Waals surface area contributed by atoms with Crippen molar-refractivity contribution in [3.63, 3.8) is 0 Å². The lowest BCUT2D eigenvalue weighted by atomic mass is 10.00. The Morgan fingerprint density at radius 1 is 0.970 bits per heavy atom. The van der Waals surface area contributed by atoms with Crippen molar-refractivity contribution < 1.29 is 9.59 Å². The van der Waals surface area contributed by atoms with E-state index in [1.807, 2.05) is 61.5 Å². The summed E-state index contributed by atoms with van der Waals surface area (Å²) in [5.74, 6) is 0.361. The first-order valence-electron chi connectivity index (χ1n) is 10.9. The minimum Gasteiger partial charge on any atom is -0.348 e. The number of carbonyl (C=O) groups is 2. The highest BCUT2D eigenvalue weighted by atomic mass is 16.2. The molecule has 4 rings (SSSR count). The molecule has 1 heterocycles. The summed E-state index contributed by atoms with van der Waals surface area (Å²) in [6, 6.07) is 21.3. The Morgan fingerprint density at radius 2 is 1.76 bits per heavy atom. The van der Waals surface area contributed by atoms with E-state index in [-0.39, 0.29) is 24.4 Å². The van der Waals surface area contributed by atoms with Gasteiger partial charge in [-0.25, -0.2) is 4.98 Å². The lowest BCUT2D eigenvalue weighted by Gasteiger charge is -2.17. The zero-order valence-electron chi connectivity index (χ0n) is 18.5. The number of aromatic nitrogens is 2. The van der Waals surface area contributed by atoms with Gasteiger partial charge in [0.1, 0.15) is 5.82 Å². The zero-order valence-corrected chi connectivity index (χ0v) is 18.5. The number of nitrogens with one attached hydrogen (secondary N) is 4. The Kier molecular flexibility index (Phi) is 7.12. The molecular weight excluding hydrogens is 414 g/mol. The van der Waals surface area contributed by atoms with Crippen LogP contribution in [0.1, 0.15) is 40.3 Å². The second-order valence-electron chi connectivity index (χ2n) is 7.88. The van der Waals surface area contributed by atoms with E-state index in [1.54, 1.807) is 24.5 Å². The highest BCUT2D eigenvalue weighted by molar-refractivity contribution is 5.96. The Labute approximate surface area is 192 Å². The Morgan fingerprint density at radius 3 is 2.55 bits per heavy atom. The van der Waals surface area contributed by atoms with Crippen LogP contribution in [0.5, 0.6) is 0 Å². The van der Waals surface area contributed by atoms with Crippen LogP contribution in [-0.2, 0) is 17.9 Å². The maximum atomic E-state index is 12.4. The van der Waals surface area contributed by atoms with Crippen molar-refractivity contribution in [3.8, 4) is 0 Å². The van der Waals surface area contributed by atoms with Crippen LogP contribution in [0.3, 0.4) is 0 Å². The molecule has 0 aliphatic carbocycles. The monoisotopic (exact) mass is 441 g/mol. The average Bonchev–Trinajstić information content (AvgIpc) is 3.36. The van der Waals surface area contributed by atoms with E-state index >= 15 is 0 Å². The van der Waals surface area contributed by atoms with Crippen LogP contribution in [-0.4, -0.2) is 28.3 Å². The highest BCUT2D eigenvalue weighted by Crippen LogP contribution is 2.23. The predicted molar refractivity (Wildman–Crippen MR) is 128 cm³/mol. The molecule has 1 atom stereocenters. The van der Waals surface area contributed by atoms with Crippen molar-refractivity contribution in [2.75, 3.05) is 6.54 Å². The van der Waals surface area contributed by atoms with Gasteiger partial charge in [-0.2, -0.15) is 0 Å². The van der Waals surface area contributed by atoms with Crippen molar-refractivity contribution in [3.05, 3.63) is 102 Å². The standard InChI is InChI=1S/C26H27N5O2/c1-18(22-8-4-6-20-5-2-3-7-23(20)22)31-25(32)17-30-26(33)21-11-9-19(10-12-21)15-27-16-24-28-13-14-29-24/h2-14,18,27H,15-17H2,1H3,(H,28,29)(H,30,33)(H,31,32)/t18-/m0/s1. The number of imidazole rings is 1. The Balaban J connectivity index is 1.25. The third kappa shape index (κ3) is 5.84. The van der Waals surface area contributed by atoms with Gasteiger partial charge in [0, 0.05) is 24.5 Å². The molecule has 4 N–H and O–H groups in total. The van der Waals surface area contributed by atoms with Gasteiger partial charge in [-0.1, -0.05) is 54.6 Å². The van der Waals surface area contributed by atoms with Crippen molar-refractivity contribution in [1.29, 1.82) is 0 Å². The fraction of sp³-hybridized carbons (Fsp3) is 0.192. The predicted octanol–water partition coefficient (Wildman–Crippen LogP) is 3.46. The second kappa shape index (κ2) is 10.6. The van der Waals surface area contributed by atoms with Gasteiger partial charge in [-0.05, 0) is 41.0 Å². The highest BCUT2D eigenvalue weighted by Gasteiger charge is 2.13. The maximum absolute atomic E-state index is 12.4. The molecule has 0 saturated heterocycles. The van der Waals surface area contributed by atoms with Gasteiger partial charge in [-0.3, -0.25) is 9.59 Å². The molecule has 0 aliphatic rings. The van der Waals surface area contributed by atoms with E-state index in [2.05, 4.69) is 25.9 Å². The van der Waals surface area contributed by atoms with Crippen molar-refractivity contribution in [1.82, 2.24) is 25.9 Å². The van der Waals surface area contributed by atoms with E-state index in [9.17, 15) is 9.59 Å². The van der Waals surface area contributed by atoms with E-state index in [4.69, 9.17) is 0 Å². The molecular formula is C26H27N5O2. The summed E-state index contributed by atoms with van der Waals surface area (Å²) in [5.41, 5.74) is 2.61. The number of carbonyl (C=O) groups excluding carboxylic acids is 2. The number of nitrogens with zero attached hydrogens (tertiary/aromatic N) is 1. The molecule has 7 nitrogen and oxygen atoms in total. The van der Waals surface area contributed by atoms with Crippen LogP contribution in [0.4, 0.5) is 0 Å². The Hall–Kier alpha value is -3.97. The summed E-state index contributed by atoms with van der Waals surface area (Å²) < 4.78 is 0. The summed E-state index contributed by atoms with van der Waals surface area (Å²) in [5, 5.41) is 11.2. The average molecular weight is 442 g/mol. The normalized spacial score (nSPS) is 11.8. The summed E-state index contributed by atoms with van der Waals surface area (Å²) in [4.78, 5) is 32.1. The summed E-state index contributed by atoms with van der Waals surface area (Å²) in [6.07, 6.45) is 3.50. The molecule has 4 aromatic rings. The van der Waals surface area contributed by atoms with Crippen LogP contribution in [0.25, 0.3) is 10.8 Å². The molecule has 0 saturated carbocycles. The van der Waals surface area contributed by atoms with Crippen LogP contribution in [0.2, 0.25) is 0 Å². The molecule has 3 aromatic carbocycles. The number of hydrogen-bond donors (Lipinski definition) is 4. The minimum atomic E-state index is -0.280. The number of fused-ring (bicyclic) bond motifs is 1. The number of aromatic amines is 1. The smallest absolute Gasteiger partial charge is 0.251 e. The van der Waals surface area contributed by atoms with Gasteiger partial charge in [0.15, 0.2) is 0 Å². The zero-order chi connectivity index (χ0) is 23.0. The fourth-order valence-corrected chi connectivity index (χ4v) is 3.75. The Bertz CT molecular complexity index is 1210. The molecule has 1 aromatic heterocycles. The molecule has 0 aliphatic heterocycles. The first kappa shape index (κ1) is 22.2. The third-order valence-electron chi connectivity index (χ3n) is 5.47. The molecule has 7 heteroatoms. The number of amides is 2. The summed E-state index contributed by atoms with van der Waals surface area (Å²) in [6.45, 7) is 3.17. The van der Waals surface area contributed by atoms with Gasteiger partial charge in [0.05, 0.1) is 19.1 Å². The fourth-order valence-electron chi connectivity index (χ4n) is 3.75. The van der Waals surface area contributed by atoms with Crippen LogP contribution in [0.15, 0.2) is 79.1 Å². The van der Waals surface area contributed by atoms with Crippen LogP contribution >= 0.6 is 0 Å². The maximum Gasteiger partial charge on any atom is 0.251 e. The topological polar surface area (TPSA) is 98.9 Å². The minimum absolute atomic E-state index is 0.0829. The molecule has 0 fully saturated rings. The van der Waals surface area contributed by atoms with Gasteiger partial charge < -0.3 is 20.9 Å². The summed E-state index contributed by atoms with van der Waals surface area (Å²) >= 11 is 0. The lowest BCUT2D eigenvalue weighted by molar-refractivity contribution is -0.120. The third-order valence-corrected chi connectivity index (χ3v) is 5.47. The lowest BCUT2D eigenvalue weighted by Crippen LogP contribution is -2.38. The summed E-state index contributed by atoms with van der Waals surface area (Å²) in [7, 11) is 0. The largest absolute Gasteiger partial charge is 0.348 e. The number of rotatable bonds is 9. The van der Waals surface area contributed by atoms with E-state index in [0.717, 1.165) is 27.7 Å². The van der Waals surface area contributed by atoms with Crippen molar-refractivity contribution >= 4 is 22.6 Å². The molecule has 0 spiro atoms. The molecule has 2 amide bonds. The molecule has 168 valence electrons. The molecule has 0 bridgehead atoms. The first-order valence-corrected chi connectivity index (χ1v) is 10.9. The van der Waals surface area contributed by atoms with Gasteiger partial charge >= 0.3 is 0 Å². The van der Waals surface area contributed by atoms with Gasteiger partial charge in [0.25, 0.3) is 5.91 Å². The van der Waals surface area contributed by atoms with Crippen LogP contribution < -0.4 is 16.0 Å². The van der Waals surface area contributed by atoms with Crippen molar-refractivity contribution in [2.24, 2.45) is 0 Å². The molecule has 0 unspecified atom stereocenters. The van der Waals surface area contributed by atoms with E-state index < -0.39 is 0 Å². The van der Waals surface area contributed by atoms with Gasteiger partial charge in [0.2, 0.25) is 5.91 Å². The van der Waals surface area contributed by atoms with E-state index in [1.165, 1.54) is 0 Å². The molecule has 33 heavy (non-hydrogen) atoms. The quantitative estimate of drug-likeness (QED) is 0.320. The number of hydrogen-bond acceptors (Lipinski definition) is 4. The molecule has 0 radical (unpaired) electrons. The first-order chi connectivity index (χ1) is 16.1. The van der Waals surface area contributed by atoms with Gasteiger partial charge in [-0.15, -0.1) is 0 Å². The van der Waals surface area contributed by atoms with Crippen molar-refractivity contribution in [2.45, 2.75) is 26.1 Å². The number of benzene rings is 3.